The Labute approximate surface area is 115 Å². The van der Waals surface area contributed by atoms with Gasteiger partial charge in [-0.15, -0.1) is 0 Å². The Morgan fingerprint density at radius 2 is 1.95 bits per heavy atom. The van der Waals surface area contributed by atoms with Crippen LogP contribution >= 0.6 is 0 Å². The zero-order chi connectivity index (χ0) is 13.7. The van der Waals surface area contributed by atoms with Gasteiger partial charge in [0.1, 0.15) is 0 Å². The molecule has 1 saturated heterocycles. The van der Waals surface area contributed by atoms with E-state index in [1.165, 1.54) is 5.56 Å². The molecule has 0 saturated carbocycles. The zero-order valence-electron chi connectivity index (χ0n) is 11.6. The number of carbonyl (C=O) groups is 1. The molecule has 1 unspecified atom stereocenters. The van der Waals surface area contributed by atoms with E-state index in [2.05, 4.69) is 12.1 Å². The number of amides is 1. The van der Waals surface area contributed by atoms with E-state index in [9.17, 15) is 9.90 Å². The van der Waals surface area contributed by atoms with Crippen molar-refractivity contribution in [3.8, 4) is 0 Å². The van der Waals surface area contributed by atoms with E-state index in [-0.39, 0.29) is 12.0 Å². The van der Waals surface area contributed by atoms with Gasteiger partial charge in [-0.25, -0.2) is 0 Å². The lowest BCUT2D eigenvalue weighted by atomic mass is 9.92. The number of benzene rings is 1. The van der Waals surface area contributed by atoms with Crippen molar-refractivity contribution in [3.63, 3.8) is 0 Å². The van der Waals surface area contributed by atoms with Crippen LogP contribution in [0.15, 0.2) is 30.3 Å². The van der Waals surface area contributed by atoms with Crippen molar-refractivity contribution in [1.29, 1.82) is 0 Å². The third-order valence-electron chi connectivity index (χ3n) is 4.04. The van der Waals surface area contributed by atoms with Gasteiger partial charge in [-0.2, -0.15) is 0 Å². The number of hydrogen-bond acceptors (Lipinski definition) is 2. The summed E-state index contributed by atoms with van der Waals surface area (Å²) in [5.41, 5.74) is 1.22. The predicted molar refractivity (Wildman–Crippen MR) is 75.7 cm³/mol. The molecular weight excluding hydrogens is 238 g/mol. The summed E-state index contributed by atoms with van der Waals surface area (Å²) >= 11 is 0. The van der Waals surface area contributed by atoms with Gasteiger partial charge in [-0.3, -0.25) is 4.79 Å². The second-order valence-electron chi connectivity index (χ2n) is 5.44. The Balaban J connectivity index is 1.76. The number of piperidine rings is 1. The molecule has 2 rings (SSSR count). The molecule has 0 aliphatic carbocycles. The highest BCUT2D eigenvalue weighted by Crippen LogP contribution is 2.21. The Kier molecular flexibility index (Phi) is 4.97. The highest BCUT2D eigenvalue weighted by Gasteiger charge is 2.24. The highest BCUT2D eigenvalue weighted by molar-refractivity contribution is 5.76. The Morgan fingerprint density at radius 1 is 1.32 bits per heavy atom. The number of aliphatic hydroxyl groups excluding tert-OH is 1. The number of hydrogen-bond donors (Lipinski definition) is 1. The van der Waals surface area contributed by atoms with Crippen LogP contribution in [0.25, 0.3) is 0 Å². The van der Waals surface area contributed by atoms with Gasteiger partial charge in [-0.05, 0) is 37.7 Å². The maximum absolute atomic E-state index is 12.1. The molecule has 1 heterocycles. The molecule has 0 bridgehead atoms. The smallest absolute Gasteiger partial charge is 0.222 e. The maximum atomic E-state index is 12.1. The van der Waals surface area contributed by atoms with Gasteiger partial charge in [-0.1, -0.05) is 30.3 Å². The summed E-state index contributed by atoms with van der Waals surface area (Å²) in [7, 11) is 0. The first-order valence-electron chi connectivity index (χ1n) is 7.16. The van der Waals surface area contributed by atoms with Gasteiger partial charge >= 0.3 is 0 Å². The lowest BCUT2D eigenvalue weighted by molar-refractivity contribution is -0.133. The van der Waals surface area contributed by atoms with E-state index in [1.54, 1.807) is 0 Å². The van der Waals surface area contributed by atoms with E-state index < -0.39 is 0 Å². The second kappa shape index (κ2) is 6.71. The molecule has 1 aliphatic rings. The molecule has 3 heteroatoms. The molecule has 1 aromatic carbocycles. The zero-order valence-corrected chi connectivity index (χ0v) is 11.6. The fraction of sp³-hybridized carbons (Fsp3) is 0.562. The van der Waals surface area contributed by atoms with Crippen LogP contribution in [0.3, 0.4) is 0 Å². The largest absolute Gasteiger partial charge is 0.393 e. The highest BCUT2D eigenvalue weighted by atomic mass is 16.3. The summed E-state index contributed by atoms with van der Waals surface area (Å²) in [6.07, 6.45) is 3.00. The molecular formula is C16H23NO2. The molecule has 1 amide bonds. The fourth-order valence-electron chi connectivity index (χ4n) is 2.69. The van der Waals surface area contributed by atoms with Crippen molar-refractivity contribution in [1.82, 2.24) is 4.90 Å². The molecule has 1 fully saturated rings. The molecule has 1 aromatic rings. The van der Waals surface area contributed by atoms with Gasteiger partial charge in [0.25, 0.3) is 0 Å². The average molecular weight is 261 g/mol. The number of aliphatic hydroxyl groups is 1. The normalized spacial score (nSPS) is 18.3. The third kappa shape index (κ3) is 4.06. The molecule has 1 aliphatic heterocycles. The van der Waals surface area contributed by atoms with E-state index in [0.29, 0.717) is 12.3 Å². The first kappa shape index (κ1) is 14.1. The van der Waals surface area contributed by atoms with Crippen molar-refractivity contribution < 1.29 is 9.90 Å². The van der Waals surface area contributed by atoms with Gasteiger partial charge in [0.15, 0.2) is 0 Å². The van der Waals surface area contributed by atoms with E-state index in [1.807, 2.05) is 30.0 Å². The van der Waals surface area contributed by atoms with E-state index >= 15 is 0 Å². The standard InChI is InChI=1S/C16H23NO2/c1-13(18)15-9-11-17(12-10-15)16(19)8-7-14-5-3-2-4-6-14/h2-6,13,15,18H,7-12H2,1H3. The lowest BCUT2D eigenvalue weighted by Crippen LogP contribution is -2.40. The van der Waals surface area contributed by atoms with Crippen LogP contribution in [-0.4, -0.2) is 35.1 Å². The lowest BCUT2D eigenvalue weighted by Gasteiger charge is -2.33. The molecule has 0 aromatic heterocycles. The first-order valence-corrected chi connectivity index (χ1v) is 7.16. The van der Waals surface area contributed by atoms with Crippen LogP contribution in [0, 0.1) is 5.92 Å². The number of nitrogens with zero attached hydrogens (tertiary/aromatic N) is 1. The average Bonchev–Trinajstić information content (AvgIpc) is 2.46. The SMILES string of the molecule is CC(O)C1CCN(C(=O)CCc2ccccc2)CC1. The van der Waals surface area contributed by atoms with E-state index in [0.717, 1.165) is 32.4 Å². The first-order chi connectivity index (χ1) is 9.16. The summed E-state index contributed by atoms with van der Waals surface area (Å²) < 4.78 is 0. The summed E-state index contributed by atoms with van der Waals surface area (Å²) in [4.78, 5) is 14.1. The maximum Gasteiger partial charge on any atom is 0.222 e. The Morgan fingerprint density at radius 3 is 2.53 bits per heavy atom. The number of carbonyl (C=O) groups excluding carboxylic acids is 1. The quantitative estimate of drug-likeness (QED) is 0.903. The Bertz CT molecular complexity index is 394. The van der Waals surface area contributed by atoms with Crippen molar-refractivity contribution in [2.24, 2.45) is 5.92 Å². The molecule has 1 atom stereocenters. The van der Waals surface area contributed by atoms with Crippen LogP contribution in [0.4, 0.5) is 0 Å². The summed E-state index contributed by atoms with van der Waals surface area (Å²) in [5, 5.41) is 9.55. The third-order valence-corrected chi connectivity index (χ3v) is 4.04. The second-order valence-corrected chi connectivity index (χ2v) is 5.44. The van der Waals surface area contributed by atoms with Gasteiger partial charge in [0.05, 0.1) is 6.10 Å². The molecule has 1 N–H and O–H groups in total. The number of rotatable bonds is 4. The topological polar surface area (TPSA) is 40.5 Å². The van der Waals surface area contributed by atoms with Crippen LogP contribution in [-0.2, 0) is 11.2 Å². The predicted octanol–water partition coefficient (Wildman–Crippen LogP) is 2.24. The fourth-order valence-corrected chi connectivity index (χ4v) is 2.69. The van der Waals surface area contributed by atoms with Gasteiger partial charge < -0.3 is 10.0 Å². The molecule has 19 heavy (non-hydrogen) atoms. The van der Waals surface area contributed by atoms with Gasteiger partial charge in [0, 0.05) is 19.5 Å². The van der Waals surface area contributed by atoms with Crippen molar-refractivity contribution in [3.05, 3.63) is 35.9 Å². The summed E-state index contributed by atoms with van der Waals surface area (Å²) in [6.45, 7) is 3.43. The van der Waals surface area contributed by atoms with Crippen LogP contribution in [0.1, 0.15) is 31.7 Å². The molecule has 104 valence electrons. The van der Waals surface area contributed by atoms with Gasteiger partial charge in [0.2, 0.25) is 5.91 Å². The van der Waals surface area contributed by atoms with Crippen molar-refractivity contribution >= 4 is 5.91 Å². The molecule has 0 radical (unpaired) electrons. The van der Waals surface area contributed by atoms with Crippen molar-refractivity contribution in [2.45, 2.75) is 38.7 Å². The van der Waals surface area contributed by atoms with Crippen molar-refractivity contribution in [2.75, 3.05) is 13.1 Å². The molecule has 0 spiro atoms. The van der Waals surface area contributed by atoms with Crippen LogP contribution in [0.2, 0.25) is 0 Å². The van der Waals surface area contributed by atoms with Crippen LogP contribution in [0.5, 0.6) is 0 Å². The minimum Gasteiger partial charge on any atom is -0.393 e. The monoisotopic (exact) mass is 261 g/mol. The molecule has 3 nitrogen and oxygen atoms in total. The minimum absolute atomic E-state index is 0.243. The number of aryl methyl sites for hydroxylation is 1. The number of likely N-dealkylation sites (tertiary alicyclic amines) is 1. The minimum atomic E-state index is -0.249. The van der Waals surface area contributed by atoms with Crippen LogP contribution < -0.4 is 0 Å². The Hall–Kier alpha value is -1.35. The summed E-state index contributed by atoms with van der Waals surface area (Å²) in [5.74, 6) is 0.603. The van der Waals surface area contributed by atoms with E-state index in [4.69, 9.17) is 0 Å². The summed E-state index contributed by atoms with van der Waals surface area (Å²) in [6, 6.07) is 10.1.